The molecule has 1 saturated heterocycles. The first kappa shape index (κ1) is 7.69. The first-order valence-corrected chi connectivity index (χ1v) is 3.52. The summed E-state index contributed by atoms with van der Waals surface area (Å²) in [5.41, 5.74) is 0. The third-order valence-corrected chi connectivity index (χ3v) is 1.63. The summed E-state index contributed by atoms with van der Waals surface area (Å²) in [6.45, 7) is 1.72. The minimum Gasteiger partial charge on any atom is -0.396 e. The molecule has 3 heteroatoms. The molecule has 1 aliphatic rings. The molecule has 58 valence electrons. The number of aliphatic hydroxyl groups excluding tert-OH is 1. The van der Waals surface area contributed by atoms with Crippen molar-refractivity contribution in [1.82, 2.24) is 0 Å². The predicted molar refractivity (Wildman–Crippen MR) is 35.7 cm³/mol. The van der Waals surface area contributed by atoms with Crippen LogP contribution in [-0.2, 0) is 9.53 Å². The Labute approximate surface area is 60.0 Å². The Balaban J connectivity index is 2.08. The zero-order valence-corrected chi connectivity index (χ0v) is 6.04. The fraction of sp³-hybridized carbons (Fsp3) is 0.857. The van der Waals surface area contributed by atoms with E-state index in [9.17, 15) is 4.79 Å². The fourth-order valence-electron chi connectivity index (χ4n) is 1.01. The van der Waals surface area contributed by atoms with Gasteiger partial charge in [0.25, 0.3) is 0 Å². The highest BCUT2D eigenvalue weighted by Gasteiger charge is 2.41. The standard InChI is InChI=1S/C7H12O3/c1-5(9)7-6(10-7)3-2-4-8/h6-8H,2-4H2,1H3. The van der Waals surface area contributed by atoms with Gasteiger partial charge >= 0.3 is 0 Å². The molecule has 1 aliphatic heterocycles. The zero-order chi connectivity index (χ0) is 7.56. The molecule has 0 amide bonds. The van der Waals surface area contributed by atoms with Crippen molar-refractivity contribution in [3.63, 3.8) is 0 Å². The van der Waals surface area contributed by atoms with Gasteiger partial charge in [0.2, 0.25) is 0 Å². The normalized spacial score (nSPS) is 30.2. The molecule has 0 aliphatic carbocycles. The minimum absolute atomic E-state index is 0.0999. The van der Waals surface area contributed by atoms with E-state index in [4.69, 9.17) is 9.84 Å². The Morgan fingerprint density at radius 3 is 2.80 bits per heavy atom. The van der Waals surface area contributed by atoms with Crippen molar-refractivity contribution in [2.45, 2.75) is 32.0 Å². The Morgan fingerprint density at radius 2 is 2.40 bits per heavy atom. The van der Waals surface area contributed by atoms with E-state index in [1.54, 1.807) is 0 Å². The van der Waals surface area contributed by atoms with Gasteiger partial charge in [0.1, 0.15) is 6.10 Å². The molecular weight excluding hydrogens is 132 g/mol. The minimum atomic E-state index is -0.161. The second kappa shape index (κ2) is 3.12. The molecule has 2 unspecified atom stereocenters. The molecular formula is C7H12O3. The quantitative estimate of drug-likeness (QED) is 0.570. The van der Waals surface area contributed by atoms with Crippen molar-refractivity contribution >= 4 is 5.78 Å². The first-order valence-electron chi connectivity index (χ1n) is 3.52. The maximum absolute atomic E-state index is 10.6. The molecule has 1 rings (SSSR count). The average Bonchev–Trinajstić information content (AvgIpc) is 2.62. The number of rotatable bonds is 4. The number of ketones is 1. The van der Waals surface area contributed by atoms with Gasteiger partial charge in [-0.3, -0.25) is 4.79 Å². The van der Waals surface area contributed by atoms with Crippen LogP contribution < -0.4 is 0 Å². The molecule has 1 heterocycles. The smallest absolute Gasteiger partial charge is 0.161 e. The molecule has 0 bridgehead atoms. The number of hydrogen-bond donors (Lipinski definition) is 1. The van der Waals surface area contributed by atoms with Crippen molar-refractivity contribution in [1.29, 1.82) is 0 Å². The number of ether oxygens (including phenoxy) is 1. The SMILES string of the molecule is CC(=O)C1OC1CCCO. The number of aliphatic hydroxyl groups is 1. The van der Waals surface area contributed by atoms with Gasteiger partial charge in [-0.15, -0.1) is 0 Å². The highest BCUT2D eigenvalue weighted by atomic mass is 16.6. The maximum atomic E-state index is 10.6. The van der Waals surface area contributed by atoms with Crippen LogP contribution in [0.3, 0.4) is 0 Å². The van der Waals surface area contributed by atoms with Gasteiger partial charge in [0.15, 0.2) is 5.78 Å². The molecule has 0 aromatic heterocycles. The molecule has 0 aromatic rings. The van der Waals surface area contributed by atoms with Crippen LogP contribution in [0.1, 0.15) is 19.8 Å². The first-order chi connectivity index (χ1) is 4.75. The van der Waals surface area contributed by atoms with Crippen LogP contribution in [0.15, 0.2) is 0 Å². The lowest BCUT2D eigenvalue weighted by Gasteiger charge is -1.88. The second-order valence-electron chi connectivity index (χ2n) is 2.57. The predicted octanol–water partition coefficient (Wildman–Crippen LogP) is 0.115. The average molecular weight is 144 g/mol. The summed E-state index contributed by atoms with van der Waals surface area (Å²) in [4.78, 5) is 10.6. The molecule has 0 saturated carbocycles. The van der Waals surface area contributed by atoms with E-state index < -0.39 is 0 Å². The fourth-order valence-corrected chi connectivity index (χ4v) is 1.01. The van der Waals surface area contributed by atoms with Gasteiger partial charge in [0, 0.05) is 6.61 Å². The summed E-state index contributed by atoms with van der Waals surface area (Å²) >= 11 is 0. The number of epoxide rings is 1. The van der Waals surface area contributed by atoms with E-state index in [0.717, 1.165) is 12.8 Å². The van der Waals surface area contributed by atoms with Gasteiger partial charge in [-0.25, -0.2) is 0 Å². The van der Waals surface area contributed by atoms with Crippen LogP contribution in [0.4, 0.5) is 0 Å². The topological polar surface area (TPSA) is 49.8 Å². The third kappa shape index (κ3) is 1.78. The molecule has 0 radical (unpaired) electrons. The summed E-state index contributed by atoms with van der Waals surface area (Å²) in [6, 6.07) is 0. The summed E-state index contributed by atoms with van der Waals surface area (Å²) in [5.74, 6) is 0.0999. The Bertz CT molecular complexity index is 133. The lowest BCUT2D eigenvalue weighted by molar-refractivity contribution is -0.118. The summed E-state index contributed by atoms with van der Waals surface area (Å²) in [5, 5.41) is 8.43. The molecule has 1 N–H and O–H groups in total. The lowest BCUT2D eigenvalue weighted by atomic mass is 10.1. The maximum Gasteiger partial charge on any atom is 0.161 e. The van der Waals surface area contributed by atoms with Crippen LogP contribution in [0.5, 0.6) is 0 Å². The molecule has 2 atom stereocenters. The number of hydrogen-bond acceptors (Lipinski definition) is 3. The number of Topliss-reactive ketones (excluding diaryl/α,β-unsaturated/α-hetero) is 1. The lowest BCUT2D eigenvalue weighted by Crippen LogP contribution is -2.04. The summed E-state index contributed by atoms with van der Waals surface area (Å²) in [7, 11) is 0. The second-order valence-corrected chi connectivity index (χ2v) is 2.57. The van der Waals surface area contributed by atoms with Gasteiger partial charge in [-0.05, 0) is 19.8 Å². The molecule has 0 spiro atoms. The van der Waals surface area contributed by atoms with Crippen molar-refractivity contribution in [3.8, 4) is 0 Å². The van der Waals surface area contributed by atoms with Gasteiger partial charge in [0.05, 0.1) is 6.10 Å². The van der Waals surface area contributed by atoms with Crippen LogP contribution in [0, 0.1) is 0 Å². The van der Waals surface area contributed by atoms with E-state index in [0.29, 0.717) is 0 Å². The van der Waals surface area contributed by atoms with Crippen molar-refractivity contribution < 1.29 is 14.6 Å². The molecule has 1 fully saturated rings. The van der Waals surface area contributed by atoms with Crippen molar-refractivity contribution in [2.24, 2.45) is 0 Å². The largest absolute Gasteiger partial charge is 0.396 e. The van der Waals surface area contributed by atoms with Crippen LogP contribution in [0.2, 0.25) is 0 Å². The van der Waals surface area contributed by atoms with E-state index >= 15 is 0 Å². The van der Waals surface area contributed by atoms with E-state index in [-0.39, 0.29) is 24.6 Å². The van der Waals surface area contributed by atoms with Gasteiger partial charge in [-0.1, -0.05) is 0 Å². The van der Waals surface area contributed by atoms with Gasteiger partial charge < -0.3 is 9.84 Å². The Morgan fingerprint density at radius 1 is 1.70 bits per heavy atom. The molecule has 10 heavy (non-hydrogen) atoms. The highest BCUT2D eigenvalue weighted by molar-refractivity contribution is 5.83. The van der Waals surface area contributed by atoms with Gasteiger partial charge in [-0.2, -0.15) is 0 Å². The molecule has 0 aromatic carbocycles. The van der Waals surface area contributed by atoms with Crippen molar-refractivity contribution in [2.75, 3.05) is 6.61 Å². The highest BCUT2D eigenvalue weighted by Crippen LogP contribution is 2.26. The zero-order valence-electron chi connectivity index (χ0n) is 6.04. The van der Waals surface area contributed by atoms with E-state index in [1.165, 1.54) is 6.92 Å². The van der Waals surface area contributed by atoms with Crippen LogP contribution in [-0.4, -0.2) is 29.7 Å². The Kier molecular flexibility index (Phi) is 2.40. The van der Waals surface area contributed by atoms with E-state index in [1.807, 2.05) is 0 Å². The number of carbonyl (C=O) groups is 1. The Hall–Kier alpha value is -0.410. The van der Waals surface area contributed by atoms with Crippen LogP contribution in [0.25, 0.3) is 0 Å². The van der Waals surface area contributed by atoms with E-state index in [2.05, 4.69) is 0 Å². The van der Waals surface area contributed by atoms with Crippen LogP contribution >= 0.6 is 0 Å². The summed E-state index contributed by atoms with van der Waals surface area (Å²) < 4.78 is 5.02. The molecule has 3 nitrogen and oxygen atoms in total. The monoisotopic (exact) mass is 144 g/mol. The van der Waals surface area contributed by atoms with Crippen molar-refractivity contribution in [3.05, 3.63) is 0 Å². The third-order valence-electron chi connectivity index (χ3n) is 1.63. The number of carbonyl (C=O) groups excluding carboxylic acids is 1. The summed E-state index contributed by atoms with van der Waals surface area (Å²) in [6.07, 6.45) is 1.48.